The van der Waals surface area contributed by atoms with Crippen molar-refractivity contribution in [3.8, 4) is 0 Å². The molecule has 0 aliphatic rings. The Bertz CT molecular complexity index is 316. The van der Waals surface area contributed by atoms with Crippen LogP contribution in [0.1, 0.15) is 46.0 Å². The van der Waals surface area contributed by atoms with Gasteiger partial charge in [-0.2, -0.15) is 0 Å². The van der Waals surface area contributed by atoms with E-state index in [1.165, 1.54) is 4.90 Å². The fourth-order valence-corrected chi connectivity index (χ4v) is 1.63. The van der Waals surface area contributed by atoms with Gasteiger partial charge >= 0.3 is 11.9 Å². The molecule has 0 spiro atoms. The second kappa shape index (κ2) is 9.35. The van der Waals surface area contributed by atoms with Gasteiger partial charge in [0.15, 0.2) is 0 Å². The Hall–Kier alpha value is -1.59. The van der Waals surface area contributed by atoms with E-state index in [-0.39, 0.29) is 18.9 Å². The number of nitrogens with zero attached hydrogens (tertiary/aromatic N) is 1. The molecule has 0 aliphatic heterocycles. The second-order valence-electron chi connectivity index (χ2n) is 4.68. The molecule has 1 atom stereocenters. The zero-order valence-electron chi connectivity index (χ0n) is 11.6. The van der Waals surface area contributed by atoms with Gasteiger partial charge in [0, 0.05) is 25.9 Å². The predicted octanol–water partition coefficient (Wildman–Crippen LogP) is 1.59. The predicted molar refractivity (Wildman–Crippen MR) is 69.8 cm³/mol. The van der Waals surface area contributed by atoms with Crippen LogP contribution in [0.25, 0.3) is 0 Å². The highest BCUT2D eigenvalue weighted by Gasteiger charge is 2.20. The molecular formula is C13H23NO5. The van der Waals surface area contributed by atoms with Gasteiger partial charge in [0.05, 0.1) is 5.92 Å². The lowest BCUT2D eigenvalue weighted by molar-refractivity contribution is -0.144. The SMILES string of the molecule is CCCCC(=O)N(CCCC(=O)O)CC(C)C(=O)O. The number of rotatable bonds is 10. The Morgan fingerprint density at radius 2 is 1.74 bits per heavy atom. The Balaban J connectivity index is 4.40. The number of aliphatic carboxylic acids is 2. The molecule has 2 N–H and O–H groups in total. The Kier molecular flexibility index (Phi) is 8.57. The lowest BCUT2D eigenvalue weighted by Gasteiger charge is -2.24. The van der Waals surface area contributed by atoms with E-state index in [0.717, 1.165) is 12.8 Å². The number of carbonyl (C=O) groups excluding carboxylic acids is 1. The first kappa shape index (κ1) is 17.4. The maximum absolute atomic E-state index is 11.9. The first-order valence-electron chi connectivity index (χ1n) is 6.60. The lowest BCUT2D eigenvalue weighted by Crippen LogP contribution is -2.37. The normalized spacial score (nSPS) is 11.9. The number of carbonyl (C=O) groups is 3. The number of carboxylic acids is 2. The summed E-state index contributed by atoms with van der Waals surface area (Å²) in [6, 6.07) is 0. The summed E-state index contributed by atoms with van der Waals surface area (Å²) in [4.78, 5) is 34.7. The number of carboxylic acid groups (broad SMARTS) is 2. The van der Waals surface area contributed by atoms with E-state index in [2.05, 4.69) is 0 Å². The van der Waals surface area contributed by atoms with Crippen LogP contribution in [0.5, 0.6) is 0 Å². The molecule has 0 heterocycles. The second-order valence-corrected chi connectivity index (χ2v) is 4.68. The van der Waals surface area contributed by atoms with Gasteiger partial charge in [-0.05, 0) is 12.8 Å². The zero-order valence-corrected chi connectivity index (χ0v) is 11.6. The summed E-state index contributed by atoms with van der Waals surface area (Å²) in [6.45, 7) is 3.95. The topological polar surface area (TPSA) is 94.9 Å². The van der Waals surface area contributed by atoms with Crippen molar-refractivity contribution < 1.29 is 24.6 Å². The molecule has 0 radical (unpaired) electrons. The average molecular weight is 273 g/mol. The first-order chi connectivity index (χ1) is 8.88. The van der Waals surface area contributed by atoms with Crippen LogP contribution in [0.4, 0.5) is 0 Å². The zero-order chi connectivity index (χ0) is 14.8. The maximum Gasteiger partial charge on any atom is 0.308 e. The molecule has 0 bridgehead atoms. The van der Waals surface area contributed by atoms with E-state index in [9.17, 15) is 14.4 Å². The number of hydrogen-bond donors (Lipinski definition) is 2. The van der Waals surface area contributed by atoms with E-state index in [4.69, 9.17) is 10.2 Å². The summed E-state index contributed by atoms with van der Waals surface area (Å²) in [6.07, 6.45) is 2.37. The Labute approximate surface area is 113 Å². The lowest BCUT2D eigenvalue weighted by atomic mass is 10.1. The van der Waals surface area contributed by atoms with Gasteiger partial charge < -0.3 is 15.1 Å². The fourth-order valence-electron chi connectivity index (χ4n) is 1.63. The molecule has 0 rings (SSSR count). The van der Waals surface area contributed by atoms with Crippen molar-refractivity contribution in [1.82, 2.24) is 4.90 Å². The van der Waals surface area contributed by atoms with Crippen LogP contribution < -0.4 is 0 Å². The van der Waals surface area contributed by atoms with Crippen molar-refractivity contribution >= 4 is 17.8 Å². The van der Waals surface area contributed by atoms with Crippen LogP contribution >= 0.6 is 0 Å². The van der Waals surface area contributed by atoms with Gasteiger partial charge in [-0.15, -0.1) is 0 Å². The van der Waals surface area contributed by atoms with Crippen LogP contribution in [-0.2, 0) is 14.4 Å². The molecule has 0 saturated carbocycles. The largest absolute Gasteiger partial charge is 0.481 e. The van der Waals surface area contributed by atoms with E-state index in [1.54, 1.807) is 6.92 Å². The quantitative estimate of drug-likeness (QED) is 0.630. The Morgan fingerprint density at radius 3 is 2.21 bits per heavy atom. The molecule has 1 amide bonds. The van der Waals surface area contributed by atoms with Crippen molar-refractivity contribution in [2.24, 2.45) is 5.92 Å². The highest BCUT2D eigenvalue weighted by atomic mass is 16.4. The molecule has 6 heteroatoms. The molecule has 19 heavy (non-hydrogen) atoms. The highest BCUT2D eigenvalue weighted by molar-refractivity contribution is 5.77. The fraction of sp³-hybridized carbons (Fsp3) is 0.769. The molecule has 1 unspecified atom stereocenters. The molecule has 0 aromatic carbocycles. The minimum Gasteiger partial charge on any atom is -0.481 e. The van der Waals surface area contributed by atoms with Gasteiger partial charge in [-0.3, -0.25) is 14.4 Å². The van der Waals surface area contributed by atoms with Crippen molar-refractivity contribution in [2.75, 3.05) is 13.1 Å². The summed E-state index contributed by atoms with van der Waals surface area (Å²) in [5.41, 5.74) is 0. The third kappa shape index (κ3) is 8.18. The third-order valence-electron chi connectivity index (χ3n) is 2.83. The molecule has 6 nitrogen and oxygen atoms in total. The number of hydrogen-bond acceptors (Lipinski definition) is 3. The summed E-state index contributed by atoms with van der Waals surface area (Å²) >= 11 is 0. The van der Waals surface area contributed by atoms with Crippen LogP contribution in [0.2, 0.25) is 0 Å². The molecule has 110 valence electrons. The molecular weight excluding hydrogens is 250 g/mol. The molecule has 0 fully saturated rings. The van der Waals surface area contributed by atoms with Gasteiger partial charge in [0.25, 0.3) is 0 Å². The molecule has 0 saturated heterocycles. The van der Waals surface area contributed by atoms with Crippen molar-refractivity contribution in [2.45, 2.75) is 46.0 Å². The monoisotopic (exact) mass is 273 g/mol. The average Bonchev–Trinajstić information content (AvgIpc) is 2.33. The highest BCUT2D eigenvalue weighted by Crippen LogP contribution is 2.07. The summed E-state index contributed by atoms with van der Waals surface area (Å²) in [5, 5.41) is 17.4. The van der Waals surface area contributed by atoms with E-state index in [0.29, 0.717) is 19.4 Å². The molecule has 0 aliphatic carbocycles. The van der Waals surface area contributed by atoms with Crippen molar-refractivity contribution in [3.63, 3.8) is 0 Å². The van der Waals surface area contributed by atoms with Gasteiger partial charge in [0.2, 0.25) is 5.91 Å². The standard InChI is InChI=1S/C13H23NO5/c1-3-4-6-11(15)14(8-5-7-12(16)17)9-10(2)13(18)19/h10H,3-9H2,1-2H3,(H,16,17)(H,18,19). The maximum atomic E-state index is 11.9. The van der Waals surface area contributed by atoms with Crippen LogP contribution in [0, 0.1) is 5.92 Å². The van der Waals surface area contributed by atoms with Crippen LogP contribution in [0.15, 0.2) is 0 Å². The Morgan fingerprint density at radius 1 is 1.11 bits per heavy atom. The van der Waals surface area contributed by atoms with E-state index in [1.807, 2.05) is 6.92 Å². The molecule has 0 aromatic rings. The van der Waals surface area contributed by atoms with Crippen molar-refractivity contribution in [3.05, 3.63) is 0 Å². The summed E-state index contributed by atoms with van der Waals surface area (Å²) < 4.78 is 0. The third-order valence-corrected chi connectivity index (χ3v) is 2.83. The van der Waals surface area contributed by atoms with Gasteiger partial charge in [-0.1, -0.05) is 20.3 Å². The summed E-state index contributed by atoms with van der Waals surface area (Å²) in [5.74, 6) is -2.60. The van der Waals surface area contributed by atoms with Crippen molar-refractivity contribution in [1.29, 1.82) is 0 Å². The smallest absolute Gasteiger partial charge is 0.308 e. The van der Waals surface area contributed by atoms with Crippen LogP contribution in [0.3, 0.4) is 0 Å². The van der Waals surface area contributed by atoms with Gasteiger partial charge in [0.1, 0.15) is 0 Å². The van der Waals surface area contributed by atoms with Crippen LogP contribution in [-0.4, -0.2) is 46.0 Å². The molecule has 0 aromatic heterocycles. The van der Waals surface area contributed by atoms with Gasteiger partial charge in [-0.25, -0.2) is 0 Å². The van der Waals surface area contributed by atoms with E-state index < -0.39 is 17.9 Å². The summed E-state index contributed by atoms with van der Waals surface area (Å²) in [7, 11) is 0. The minimum absolute atomic E-state index is 0.0149. The number of unbranched alkanes of at least 4 members (excludes halogenated alkanes) is 1. The first-order valence-corrected chi connectivity index (χ1v) is 6.60. The van der Waals surface area contributed by atoms with E-state index >= 15 is 0 Å². The minimum atomic E-state index is -0.952. The number of amides is 1.